The van der Waals surface area contributed by atoms with Crippen molar-refractivity contribution in [3.63, 3.8) is 0 Å². The van der Waals surface area contributed by atoms with Gasteiger partial charge < -0.3 is 0 Å². The number of aryl methyl sites for hydroxylation is 2. The predicted octanol–water partition coefficient (Wildman–Crippen LogP) is 3.63. The van der Waals surface area contributed by atoms with Crippen molar-refractivity contribution < 1.29 is 8.42 Å². The molecule has 3 heterocycles. The van der Waals surface area contributed by atoms with Gasteiger partial charge in [-0.2, -0.15) is 18.4 Å². The smallest absolute Gasteiger partial charge is 0.277 e. The van der Waals surface area contributed by atoms with E-state index < -0.39 is 10.0 Å². The van der Waals surface area contributed by atoms with Crippen LogP contribution in [0.15, 0.2) is 71.2 Å². The summed E-state index contributed by atoms with van der Waals surface area (Å²) >= 11 is 0. The summed E-state index contributed by atoms with van der Waals surface area (Å²) in [6.45, 7) is 5.45. The minimum absolute atomic E-state index is 0.261. The lowest BCUT2D eigenvalue weighted by Crippen LogP contribution is -2.21. The maximum atomic E-state index is 12.8. The Morgan fingerprint density at radius 1 is 1.00 bits per heavy atom. The molecule has 0 amide bonds. The summed E-state index contributed by atoms with van der Waals surface area (Å²) in [5.41, 5.74) is 5.63. The fourth-order valence-electron chi connectivity index (χ4n) is 3.35. The van der Waals surface area contributed by atoms with Crippen LogP contribution in [0.4, 0.5) is 0 Å². The molecule has 30 heavy (non-hydrogen) atoms. The Morgan fingerprint density at radius 2 is 1.80 bits per heavy atom. The molecule has 0 fully saturated rings. The van der Waals surface area contributed by atoms with Crippen molar-refractivity contribution in [3.8, 4) is 11.1 Å². The van der Waals surface area contributed by atoms with Crippen LogP contribution in [-0.4, -0.2) is 29.0 Å². The molecule has 0 saturated heterocycles. The van der Waals surface area contributed by atoms with Crippen LogP contribution in [0.25, 0.3) is 16.8 Å². The Labute approximate surface area is 175 Å². The van der Waals surface area contributed by atoms with E-state index in [4.69, 9.17) is 0 Å². The number of sulfonamides is 1. The molecule has 0 spiro atoms. The minimum atomic E-state index is -3.79. The van der Waals surface area contributed by atoms with Gasteiger partial charge in [0, 0.05) is 29.7 Å². The number of hydrogen-bond donors (Lipinski definition) is 1. The van der Waals surface area contributed by atoms with Gasteiger partial charge in [0.15, 0.2) is 0 Å². The molecular weight excluding hydrogens is 398 g/mol. The van der Waals surface area contributed by atoms with Crippen LogP contribution in [-0.2, 0) is 10.0 Å². The molecule has 0 bridgehead atoms. The first-order valence-electron chi connectivity index (χ1n) is 9.36. The molecule has 0 aliphatic rings. The summed E-state index contributed by atoms with van der Waals surface area (Å²) < 4.78 is 27.5. The van der Waals surface area contributed by atoms with Gasteiger partial charge in [0.25, 0.3) is 10.0 Å². The van der Waals surface area contributed by atoms with E-state index in [1.54, 1.807) is 38.5 Å². The van der Waals surface area contributed by atoms with E-state index in [9.17, 15) is 8.42 Å². The third-order valence-electron chi connectivity index (χ3n) is 5.04. The number of nitrogens with one attached hydrogen (secondary N) is 1. The molecule has 1 N–H and O–H groups in total. The first kappa shape index (κ1) is 19.8. The van der Waals surface area contributed by atoms with E-state index in [2.05, 4.69) is 19.9 Å². The number of benzene rings is 1. The second-order valence-electron chi connectivity index (χ2n) is 7.08. The highest BCUT2D eigenvalue weighted by atomic mass is 32.2. The van der Waals surface area contributed by atoms with Crippen molar-refractivity contribution in [2.45, 2.75) is 25.7 Å². The molecule has 0 radical (unpaired) electrons. The van der Waals surface area contributed by atoms with Crippen LogP contribution in [0.2, 0.25) is 0 Å². The molecule has 0 unspecified atom stereocenters. The second-order valence-corrected chi connectivity index (χ2v) is 8.67. The third kappa shape index (κ3) is 3.69. The molecule has 0 aliphatic heterocycles. The summed E-state index contributed by atoms with van der Waals surface area (Å²) in [5, 5.41) is 3.99. The third-order valence-corrected chi connectivity index (χ3v) is 6.55. The Hall–Kier alpha value is -3.52. The molecule has 0 saturated carbocycles. The van der Waals surface area contributed by atoms with Gasteiger partial charge in [-0.05, 0) is 55.7 Å². The second kappa shape index (κ2) is 7.72. The van der Waals surface area contributed by atoms with Crippen molar-refractivity contribution in [1.82, 2.24) is 19.2 Å². The SMILES string of the molecule is Cc1ccc(C)c(S(=O)(=O)NN=Cc2cnc3ccc(-c4cccnc4)cn23)c1C. The molecule has 152 valence electrons. The van der Waals surface area contributed by atoms with Gasteiger partial charge in [-0.1, -0.05) is 18.2 Å². The van der Waals surface area contributed by atoms with E-state index in [-0.39, 0.29) is 4.90 Å². The highest BCUT2D eigenvalue weighted by molar-refractivity contribution is 7.89. The van der Waals surface area contributed by atoms with Crippen LogP contribution in [0, 0.1) is 20.8 Å². The molecule has 1 aromatic carbocycles. The zero-order chi connectivity index (χ0) is 21.3. The quantitative estimate of drug-likeness (QED) is 0.395. The first-order valence-corrected chi connectivity index (χ1v) is 10.8. The lowest BCUT2D eigenvalue weighted by molar-refractivity contribution is 0.583. The molecule has 7 nitrogen and oxygen atoms in total. The van der Waals surface area contributed by atoms with Crippen LogP contribution in [0.5, 0.6) is 0 Å². The lowest BCUT2D eigenvalue weighted by Gasteiger charge is -2.12. The number of hydrazone groups is 1. The van der Waals surface area contributed by atoms with E-state index in [0.717, 1.165) is 22.3 Å². The summed E-state index contributed by atoms with van der Waals surface area (Å²) in [4.78, 5) is 11.1. The average Bonchev–Trinajstić information content (AvgIpc) is 3.14. The normalized spacial score (nSPS) is 12.0. The molecule has 3 aromatic heterocycles. The predicted molar refractivity (Wildman–Crippen MR) is 117 cm³/mol. The highest BCUT2D eigenvalue weighted by Gasteiger charge is 2.19. The maximum absolute atomic E-state index is 12.8. The lowest BCUT2D eigenvalue weighted by atomic mass is 10.1. The zero-order valence-corrected chi connectivity index (χ0v) is 17.7. The maximum Gasteiger partial charge on any atom is 0.277 e. The van der Waals surface area contributed by atoms with Crippen molar-refractivity contribution >= 4 is 21.9 Å². The number of aromatic nitrogens is 3. The van der Waals surface area contributed by atoms with E-state index in [1.165, 1.54) is 6.21 Å². The van der Waals surface area contributed by atoms with Crippen LogP contribution in [0.3, 0.4) is 0 Å². The van der Waals surface area contributed by atoms with Gasteiger partial charge in [-0.15, -0.1) is 0 Å². The highest BCUT2D eigenvalue weighted by Crippen LogP contribution is 2.23. The van der Waals surface area contributed by atoms with Gasteiger partial charge in [-0.3, -0.25) is 9.38 Å². The van der Waals surface area contributed by atoms with Gasteiger partial charge >= 0.3 is 0 Å². The fourth-order valence-corrected chi connectivity index (χ4v) is 4.68. The Bertz CT molecular complexity index is 1360. The minimum Gasteiger partial charge on any atom is -0.298 e. The number of pyridine rings is 2. The van der Waals surface area contributed by atoms with Crippen LogP contribution < -0.4 is 4.83 Å². The number of nitrogens with zero attached hydrogens (tertiary/aromatic N) is 4. The number of fused-ring (bicyclic) bond motifs is 1. The number of rotatable bonds is 5. The monoisotopic (exact) mass is 419 g/mol. The number of hydrogen-bond acceptors (Lipinski definition) is 5. The summed E-state index contributed by atoms with van der Waals surface area (Å²) in [5.74, 6) is 0. The van der Waals surface area contributed by atoms with E-state index >= 15 is 0 Å². The Balaban J connectivity index is 1.64. The molecule has 4 rings (SSSR count). The van der Waals surface area contributed by atoms with Gasteiger partial charge in [-0.25, -0.2) is 4.98 Å². The fraction of sp³-hybridized carbons (Fsp3) is 0.136. The van der Waals surface area contributed by atoms with Crippen LogP contribution in [0.1, 0.15) is 22.4 Å². The Morgan fingerprint density at radius 3 is 2.57 bits per heavy atom. The van der Waals surface area contributed by atoms with Gasteiger partial charge in [0.1, 0.15) is 5.65 Å². The largest absolute Gasteiger partial charge is 0.298 e. The van der Waals surface area contributed by atoms with Crippen molar-refractivity contribution in [2.75, 3.05) is 0 Å². The first-order chi connectivity index (χ1) is 14.4. The summed E-state index contributed by atoms with van der Waals surface area (Å²) in [6.07, 6.45) is 8.52. The van der Waals surface area contributed by atoms with E-state index in [0.29, 0.717) is 16.8 Å². The molecule has 0 atom stereocenters. The van der Waals surface area contributed by atoms with Crippen molar-refractivity contribution in [2.24, 2.45) is 5.10 Å². The molecular formula is C22H21N5O2S. The topological polar surface area (TPSA) is 88.7 Å². The summed E-state index contributed by atoms with van der Waals surface area (Å²) in [6, 6.07) is 11.4. The van der Waals surface area contributed by atoms with Gasteiger partial charge in [0.2, 0.25) is 0 Å². The zero-order valence-electron chi connectivity index (χ0n) is 16.9. The molecule has 8 heteroatoms. The molecule has 0 aliphatic carbocycles. The van der Waals surface area contributed by atoms with Crippen LogP contribution >= 0.6 is 0 Å². The Kier molecular flexibility index (Phi) is 5.09. The summed E-state index contributed by atoms with van der Waals surface area (Å²) in [7, 11) is -3.79. The van der Waals surface area contributed by atoms with Crippen molar-refractivity contribution in [1.29, 1.82) is 0 Å². The van der Waals surface area contributed by atoms with Gasteiger partial charge in [0.05, 0.1) is 23.0 Å². The number of imidazole rings is 1. The standard InChI is InChI=1S/C22H21N5O2S/c1-15-6-7-16(2)22(17(15)3)30(28,29)26-25-13-20-12-24-21-9-8-19(14-27(20)21)18-5-4-10-23-11-18/h4-14,26H,1-3H3. The van der Waals surface area contributed by atoms with E-state index in [1.807, 2.05) is 47.9 Å². The average molecular weight is 420 g/mol. The van der Waals surface area contributed by atoms with Crippen molar-refractivity contribution in [3.05, 3.63) is 83.6 Å². The molecule has 4 aromatic rings.